The van der Waals surface area contributed by atoms with Gasteiger partial charge in [-0.1, -0.05) is 58.0 Å². The van der Waals surface area contributed by atoms with Gasteiger partial charge in [0, 0.05) is 21.7 Å². The van der Waals surface area contributed by atoms with Crippen molar-refractivity contribution in [2.24, 2.45) is 10.9 Å². The number of nitrogens with one attached hydrogen (secondary N) is 1. The largest absolute Gasteiger partial charge is 0.378 e. The van der Waals surface area contributed by atoms with E-state index in [2.05, 4.69) is 33.4 Å². The zero-order valence-corrected chi connectivity index (χ0v) is 15.8. The minimum Gasteiger partial charge on any atom is -0.378 e. The van der Waals surface area contributed by atoms with E-state index in [0.29, 0.717) is 29.9 Å². The number of nitrogens with zero attached hydrogens (tertiary/aromatic N) is 1. The fraction of sp³-hybridized carbons (Fsp3) is 0.263. The maximum Gasteiger partial charge on any atom is 0.257 e. The lowest BCUT2D eigenvalue weighted by molar-refractivity contribution is 0.0977. The van der Waals surface area contributed by atoms with Gasteiger partial charge in [0.05, 0.1) is 13.2 Å². The molecule has 0 spiro atoms. The number of thioether (sulfide) groups is 1. The molecule has 1 fully saturated rings. The predicted octanol–water partition coefficient (Wildman–Crippen LogP) is 3.82. The van der Waals surface area contributed by atoms with Crippen molar-refractivity contribution in [2.75, 3.05) is 19.0 Å². The first kappa shape index (κ1) is 16.8. The number of amidine groups is 1. The average molecular weight is 417 g/mol. The molecule has 4 rings (SSSR count). The summed E-state index contributed by atoms with van der Waals surface area (Å²) >= 11 is 5.13. The second-order valence-corrected chi connectivity index (χ2v) is 8.12. The average Bonchev–Trinajstić information content (AvgIpc) is 3.07. The Bertz CT molecular complexity index is 827. The van der Waals surface area contributed by atoms with Crippen LogP contribution in [0.4, 0.5) is 0 Å². The van der Waals surface area contributed by atoms with Crippen molar-refractivity contribution in [3.63, 3.8) is 0 Å². The van der Waals surface area contributed by atoms with Crippen LogP contribution in [0.1, 0.15) is 15.9 Å². The molecule has 0 bridgehead atoms. The Labute approximate surface area is 159 Å². The van der Waals surface area contributed by atoms with E-state index in [1.54, 1.807) is 23.9 Å². The molecule has 0 radical (unpaired) electrons. The molecule has 128 valence electrons. The van der Waals surface area contributed by atoms with Gasteiger partial charge in [-0.25, -0.2) is 4.99 Å². The Kier molecular flexibility index (Phi) is 4.67. The molecule has 4 nitrogen and oxygen atoms in total. The summed E-state index contributed by atoms with van der Waals surface area (Å²) in [7, 11) is 0. The number of carbonyl (C=O) groups is 1. The molecular formula is C19H17BrN2O2S. The van der Waals surface area contributed by atoms with Crippen molar-refractivity contribution in [1.29, 1.82) is 0 Å². The summed E-state index contributed by atoms with van der Waals surface area (Å²) in [6, 6.07) is 17.4. The van der Waals surface area contributed by atoms with Crippen LogP contribution in [-0.4, -0.2) is 30.0 Å². The van der Waals surface area contributed by atoms with Crippen LogP contribution in [0, 0.1) is 5.92 Å². The number of aliphatic imine (C=N–C) groups is 1. The lowest BCUT2D eigenvalue weighted by atomic mass is 9.82. The number of amides is 1. The van der Waals surface area contributed by atoms with E-state index in [0.717, 1.165) is 15.8 Å². The van der Waals surface area contributed by atoms with Crippen LogP contribution in [0.25, 0.3) is 0 Å². The molecule has 2 heterocycles. The fourth-order valence-corrected chi connectivity index (χ4v) is 4.80. The highest BCUT2D eigenvalue weighted by atomic mass is 79.9. The Morgan fingerprint density at radius 2 is 2.08 bits per heavy atom. The van der Waals surface area contributed by atoms with E-state index >= 15 is 0 Å². The minimum absolute atomic E-state index is 0.131. The number of rotatable bonds is 2. The second kappa shape index (κ2) is 6.94. The van der Waals surface area contributed by atoms with E-state index in [1.807, 2.05) is 30.3 Å². The number of fused-ring (bicyclic) bond motifs is 1. The third-order valence-electron chi connectivity index (χ3n) is 4.62. The van der Waals surface area contributed by atoms with Crippen molar-refractivity contribution in [1.82, 2.24) is 5.32 Å². The van der Waals surface area contributed by atoms with Gasteiger partial charge in [0.25, 0.3) is 5.91 Å². The Morgan fingerprint density at radius 3 is 2.88 bits per heavy atom. The number of ether oxygens (including phenoxy) is 1. The Morgan fingerprint density at radius 1 is 1.24 bits per heavy atom. The zero-order valence-electron chi connectivity index (χ0n) is 13.4. The van der Waals surface area contributed by atoms with Gasteiger partial charge in [0.2, 0.25) is 0 Å². The highest BCUT2D eigenvalue weighted by molar-refractivity contribution is 9.10. The topological polar surface area (TPSA) is 50.7 Å². The quantitative estimate of drug-likeness (QED) is 0.809. The van der Waals surface area contributed by atoms with Crippen molar-refractivity contribution in [2.45, 2.75) is 5.54 Å². The first-order valence-corrected chi connectivity index (χ1v) is 9.88. The van der Waals surface area contributed by atoms with Crippen LogP contribution in [0.2, 0.25) is 0 Å². The summed E-state index contributed by atoms with van der Waals surface area (Å²) in [5, 5.41) is 3.63. The molecule has 1 N–H and O–H groups in total. The van der Waals surface area contributed by atoms with Gasteiger partial charge in [-0.3, -0.25) is 4.79 Å². The SMILES string of the molecule is O=C(NC1=NC2(c3cccc(Br)c3)COCC2CS1)c1ccccc1. The van der Waals surface area contributed by atoms with Gasteiger partial charge in [0.1, 0.15) is 5.54 Å². The van der Waals surface area contributed by atoms with E-state index in [9.17, 15) is 4.79 Å². The van der Waals surface area contributed by atoms with Crippen LogP contribution in [0.3, 0.4) is 0 Å². The van der Waals surface area contributed by atoms with Crippen molar-refractivity contribution in [3.05, 3.63) is 70.2 Å². The highest BCUT2D eigenvalue weighted by Crippen LogP contribution is 2.45. The molecule has 1 amide bonds. The highest BCUT2D eigenvalue weighted by Gasteiger charge is 2.48. The molecule has 0 aromatic heterocycles. The van der Waals surface area contributed by atoms with Crippen LogP contribution in [-0.2, 0) is 10.3 Å². The van der Waals surface area contributed by atoms with Gasteiger partial charge in [-0.05, 0) is 29.8 Å². The second-order valence-electron chi connectivity index (χ2n) is 6.19. The Balaban J connectivity index is 1.66. The minimum atomic E-state index is -0.422. The molecule has 0 aliphatic carbocycles. The molecular weight excluding hydrogens is 400 g/mol. The zero-order chi connectivity index (χ0) is 17.3. The summed E-state index contributed by atoms with van der Waals surface area (Å²) in [6.07, 6.45) is 0. The summed E-state index contributed by atoms with van der Waals surface area (Å²) in [4.78, 5) is 17.4. The van der Waals surface area contributed by atoms with Gasteiger partial charge in [-0.15, -0.1) is 0 Å². The lowest BCUT2D eigenvalue weighted by Crippen LogP contribution is -2.42. The number of carbonyl (C=O) groups excluding carboxylic acids is 1. The first-order chi connectivity index (χ1) is 12.2. The lowest BCUT2D eigenvalue weighted by Gasteiger charge is -2.34. The molecule has 2 atom stereocenters. The van der Waals surface area contributed by atoms with Gasteiger partial charge >= 0.3 is 0 Å². The van der Waals surface area contributed by atoms with Gasteiger partial charge in [-0.2, -0.15) is 0 Å². The van der Waals surface area contributed by atoms with Gasteiger partial charge < -0.3 is 10.1 Å². The molecule has 0 saturated carbocycles. The van der Waals surface area contributed by atoms with E-state index < -0.39 is 5.54 Å². The predicted molar refractivity (Wildman–Crippen MR) is 104 cm³/mol. The van der Waals surface area contributed by atoms with Crippen LogP contribution >= 0.6 is 27.7 Å². The molecule has 2 aliphatic rings. The fourth-order valence-electron chi connectivity index (χ4n) is 3.28. The number of hydrogen-bond donors (Lipinski definition) is 1. The number of benzene rings is 2. The van der Waals surface area contributed by atoms with Gasteiger partial charge in [0.15, 0.2) is 5.17 Å². The maximum atomic E-state index is 12.5. The summed E-state index contributed by atoms with van der Waals surface area (Å²) in [6.45, 7) is 1.24. The summed E-state index contributed by atoms with van der Waals surface area (Å²) in [5.74, 6) is 1.05. The molecule has 2 aliphatic heterocycles. The Hall–Kier alpha value is -1.63. The molecule has 1 saturated heterocycles. The molecule has 2 unspecified atom stereocenters. The van der Waals surface area contributed by atoms with E-state index in [1.165, 1.54) is 0 Å². The molecule has 2 aromatic rings. The van der Waals surface area contributed by atoms with Crippen molar-refractivity contribution >= 4 is 38.8 Å². The van der Waals surface area contributed by atoms with E-state index in [-0.39, 0.29) is 5.91 Å². The van der Waals surface area contributed by atoms with Crippen molar-refractivity contribution in [3.8, 4) is 0 Å². The van der Waals surface area contributed by atoms with Crippen LogP contribution in [0.15, 0.2) is 64.1 Å². The molecule has 25 heavy (non-hydrogen) atoms. The number of hydrogen-bond acceptors (Lipinski definition) is 4. The normalized spacial score (nSPS) is 25.2. The summed E-state index contributed by atoms with van der Waals surface area (Å²) in [5.41, 5.74) is 1.33. The third kappa shape index (κ3) is 3.26. The van der Waals surface area contributed by atoms with Crippen LogP contribution < -0.4 is 5.32 Å². The third-order valence-corrected chi connectivity index (χ3v) is 6.15. The molecule has 2 aromatic carbocycles. The standard InChI is InChI=1S/C19H17BrN2O2S/c20-16-8-4-7-14(9-16)19-12-24-10-15(19)11-25-18(22-19)21-17(23)13-5-2-1-3-6-13/h1-9,15H,10-12H2,(H,21,22,23). The van der Waals surface area contributed by atoms with E-state index in [4.69, 9.17) is 9.73 Å². The molecule has 6 heteroatoms. The van der Waals surface area contributed by atoms with Crippen molar-refractivity contribution < 1.29 is 9.53 Å². The van der Waals surface area contributed by atoms with Crippen LogP contribution in [0.5, 0.6) is 0 Å². The smallest absolute Gasteiger partial charge is 0.257 e. The maximum absolute atomic E-state index is 12.5. The number of halogens is 1. The monoisotopic (exact) mass is 416 g/mol. The summed E-state index contributed by atoms with van der Waals surface area (Å²) < 4.78 is 6.80. The first-order valence-electron chi connectivity index (χ1n) is 8.10.